The zero-order chi connectivity index (χ0) is 38.2. The van der Waals surface area contributed by atoms with Gasteiger partial charge in [-0.1, -0.05) is 91.0 Å². The highest BCUT2D eigenvalue weighted by molar-refractivity contribution is 6.13. The molecule has 0 radical (unpaired) electrons. The molecule has 0 aliphatic rings. The predicted molar refractivity (Wildman–Crippen MR) is 229 cm³/mol. The molecular weight excluding hydrogens is 697 g/mol. The zero-order valence-electron chi connectivity index (χ0n) is 30.3. The van der Waals surface area contributed by atoms with Gasteiger partial charge in [-0.15, -0.1) is 0 Å². The van der Waals surface area contributed by atoms with Crippen LogP contribution in [-0.4, -0.2) is 13.7 Å². The minimum absolute atomic E-state index is 0.505. The lowest BCUT2D eigenvalue weighted by Gasteiger charge is -2.19. The number of hydrogen-bond acceptors (Lipinski definition) is 3. The number of para-hydroxylation sites is 5. The van der Waals surface area contributed by atoms with Crippen LogP contribution < -0.4 is 0 Å². The van der Waals surface area contributed by atoms with E-state index in [1.165, 1.54) is 10.8 Å². The van der Waals surface area contributed by atoms with Crippen molar-refractivity contribution >= 4 is 65.4 Å². The van der Waals surface area contributed by atoms with Gasteiger partial charge in [0.05, 0.1) is 73.3 Å². The molecule has 11 rings (SSSR count). The SMILES string of the molecule is N#Cc1ccc2c(c1)c1cc(C#N)ccc1n2-c1c(C#N)cccc1-c1ccccc1-n1c2ccccc2c2ccc(-n3c4ccccc4c4ccccc43)cc21. The molecule has 3 aromatic heterocycles. The fourth-order valence-electron chi connectivity index (χ4n) is 8.95. The summed E-state index contributed by atoms with van der Waals surface area (Å²) in [6.45, 7) is 0. The van der Waals surface area contributed by atoms with Crippen LogP contribution in [0.25, 0.3) is 93.6 Å². The summed E-state index contributed by atoms with van der Waals surface area (Å²) in [5.74, 6) is 0. The second kappa shape index (κ2) is 12.3. The van der Waals surface area contributed by atoms with E-state index >= 15 is 0 Å². The van der Waals surface area contributed by atoms with Crippen LogP contribution in [0.2, 0.25) is 0 Å². The van der Waals surface area contributed by atoms with Gasteiger partial charge in [0.2, 0.25) is 0 Å². The van der Waals surface area contributed by atoms with Gasteiger partial charge in [-0.05, 0) is 78.9 Å². The number of benzene rings is 8. The largest absolute Gasteiger partial charge is 0.309 e. The second-order valence-corrected chi connectivity index (χ2v) is 14.3. The normalized spacial score (nSPS) is 11.5. The molecule has 0 saturated heterocycles. The highest BCUT2D eigenvalue weighted by Crippen LogP contribution is 2.43. The summed E-state index contributed by atoms with van der Waals surface area (Å²) >= 11 is 0. The first-order valence-electron chi connectivity index (χ1n) is 18.7. The van der Waals surface area contributed by atoms with Crippen LogP contribution in [0.4, 0.5) is 0 Å². The number of fused-ring (bicyclic) bond motifs is 9. The smallest absolute Gasteiger partial charge is 0.101 e. The van der Waals surface area contributed by atoms with Crippen LogP contribution >= 0.6 is 0 Å². The van der Waals surface area contributed by atoms with Gasteiger partial charge >= 0.3 is 0 Å². The third-order valence-electron chi connectivity index (χ3n) is 11.3. The summed E-state index contributed by atoms with van der Waals surface area (Å²) < 4.78 is 6.82. The van der Waals surface area contributed by atoms with E-state index in [2.05, 4.69) is 147 Å². The van der Waals surface area contributed by atoms with Gasteiger partial charge in [0.15, 0.2) is 0 Å². The predicted octanol–water partition coefficient (Wildman–Crippen LogP) is 12.3. The van der Waals surface area contributed by atoms with E-state index in [-0.39, 0.29) is 0 Å². The molecule has 11 aromatic rings. The van der Waals surface area contributed by atoms with E-state index < -0.39 is 0 Å². The highest BCUT2D eigenvalue weighted by atomic mass is 15.0. The molecule has 0 unspecified atom stereocenters. The number of rotatable bonds is 4. The summed E-state index contributed by atoms with van der Waals surface area (Å²) in [5.41, 5.74) is 12.3. The maximum absolute atomic E-state index is 10.7. The third-order valence-corrected chi connectivity index (χ3v) is 11.3. The molecule has 262 valence electrons. The van der Waals surface area contributed by atoms with Crippen LogP contribution in [0.1, 0.15) is 16.7 Å². The Hall–Kier alpha value is -8.37. The van der Waals surface area contributed by atoms with Crippen molar-refractivity contribution in [3.8, 4) is 46.4 Å². The number of nitriles is 3. The van der Waals surface area contributed by atoms with E-state index in [0.717, 1.165) is 82.8 Å². The molecule has 6 heteroatoms. The van der Waals surface area contributed by atoms with Crippen LogP contribution in [-0.2, 0) is 0 Å². The Morgan fingerprint density at radius 3 is 1.44 bits per heavy atom. The van der Waals surface area contributed by atoms with Crippen molar-refractivity contribution in [1.82, 2.24) is 13.7 Å². The first kappa shape index (κ1) is 32.1. The first-order valence-corrected chi connectivity index (χ1v) is 18.7. The molecular formula is C51H28N6. The Labute approximate surface area is 326 Å². The van der Waals surface area contributed by atoms with Gasteiger partial charge in [0.1, 0.15) is 6.07 Å². The second-order valence-electron chi connectivity index (χ2n) is 14.3. The number of aromatic nitrogens is 3. The zero-order valence-corrected chi connectivity index (χ0v) is 30.3. The number of nitrogens with zero attached hydrogens (tertiary/aromatic N) is 6. The van der Waals surface area contributed by atoms with E-state index in [1.54, 1.807) is 12.1 Å². The molecule has 6 nitrogen and oxygen atoms in total. The summed E-state index contributed by atoms with van der Waals surface area (Å²) in [6.07, 6.45) is 0. The van der Waals surface area contributed by atoms with Gasteiger partial charge < -0.3 is 13.7 Å². The van der Waals surface area contributed by atoms with Crippen molar-refractivity contribution in [2.45, 2.75) is 0 Å². The van der Waals surface area contributed by atoms with Crippen molar-refractivity contribution in [2.24, 2.45) is 0 Å². The minimum atomic E-state index is 0.505. The molecule has 0 N–H and O–H groups in total. The average Bonchev–Trinajstić information content (AvgIpc) is 3.90. The van der Waals surface area contributed by atoms with E-state index in [4.69, 9.17) is 0 Å². The lowest BCUT2D eigenvalue weighted by atomic mass is 9.98. The Balaban J connectivity index is 1.22. The Morgan fingerprint density at radius 1 is 0.333 bits per heavy atom. The van der Waals surface area contributed by atoms with Crippen molar-refractivity contribution < 1.29 is 0 Å². The maximum Gasteiger partial charge on any atom is 0.101 e. The first-order chi connectivity index (χ1) is 28.2. The van der Waals surface area contributed by atoms with Gasteiger partial charge in [-0.2, -0.15) is 15.8 Å². The lowest BCUT2D eigenvalue weighted by Crippen LogP contribution is -2.04. The molecule has 0 saturated carbocycles. The molecule has 0 fully saturated rings. The average molecular weight is 725 g/mol. The molecule has 0 atom stereocenters. The van der Waals surface area contributed by atoms with Crippen molar-refractivity contribution in [3.05, 3.63) is 187 Å². The Bertz CT molecular complexity index is 3500. The Kier molecular flexibility index (Phi) is 6.95. The monoisotopic (exact) mass is 724 g/mol. The molecule has 0 aliphatic carbocycles. The van der Waals surface area contributed by atoms with Crippen molar-refractivity contribution in [3.63, 3.8) is 0 Å². The summed E-state index contributed by atoms with van der Waals surface area (Å²) in [4.78, 5) is 0. The van der Waals surface area contributed by atoms with Gasteiger partial charge in [0.25, 0.3) is 0 Å². The molecule has 0 amide bonds. The van der Waals surface area contributed by atoms with E-state index in [0.29, 0.717) is 16.7 Å². The molecule has 0 bridgehead atoms. The van der Waals surface area contributed by atoms with Gasteiger partial charge in [-0.3, -0.25) is 0 Å². The summed E-state index contributed by atoms with van der Waals surface area (Å²) in [5, 5.41) is 36.8. The van der Waals surface area contributed by atoms with Crippen molar-refractivity contribution in [2.75, 3.05) is 0 Å². The van der Waals surface area contributed by atoms with Crippen LogP contribution in [0.15, 0.2) is 170 Å². The molecule has 3 heterocycles. The van der Waals surface area contributed by atoms with Crippen LogP contribution in [0, 0.1) is 34.0 Å². The molecule has 8 aromatic carbocycles. The fraction of sp³-hybridized carbons (Fsp3) is 0. The minimum Gasteiger partial charge on any atom is -0.309 e. The third kappa shape index (κ3) is 4.61. The van der Waals surface area contributed by atoms with E-state index in [1.807, 2.05) is 42.5 Å². The Morgan fingerprint density at radius 2 is 0.842 bits per heavy atom. The lowest BCUT2D eigenvalue weighted by molar-refractivity contribution is 1.14. The summed E-state index contributed by atoms with van der Waals surface area (Å²) in [7, 11) is 0. The van der Waals surface area contributed by atoms with Gasteiger partial charge in [-0.25, -0.2) is 0 Å². The quantitative estimate of drug-likeness (QED) is 0.181. The molecule has 57 heavy (non-hydrogen) atoms. The standard InChI is InChI=1S/C51H28N6/c52-29-32-20-24-48-42(26-32)43-27-33(30-53)21-25-49(43)57(48)51-34(31-54)10-9-15-41(51)39-14-4-8-19-47(39)56-46-18-7-3-13-38(46)40-23-22-35(28-50(40)56)55-44-16-5-1-11-36(44)37-12-2-6-17-45(37)55/h1-28H. The molecule has 0 spiro atoms. The van der Waals surface area contributed by atoms with Crippen molar-refractivity contribution in [1.29, 1.82) is 15.8 Å². The van der Waals surface area contributed by atoms with Gasteiger partial charge in [0, 0.05) is 49.1 Å². The summed E-state index contributed by atoms with van der Waals surface area (Å²) in [6, 6.07) is 64.9. The maximum atomic E-state index is 10.7. The molecule has 0 aliphatic heterocycles. The van der Waals surface area contributed by atoms with Crippen LogP contribution in [0.3, 0.4) is 0 Å². The number of hydrogen-bond donors (Lipinski definition) is 0. The topological polar surface area (TPSA) is 86.2 Å². The highest BCUT2D eigenvalue weighted by Gasteiger charge is 2.23. The van der Waals surface area contributed by atoms with E-state index in [9.17, 15) is 15.8 Å². The fourth-order valence-corrected chi connectivity index (χ4v) is 8.95. The van der Waals surface area contributed by atoms with Crippen LogP contribution in [0.5, 0.6) is 0 Å².